The number of thiazole rings is 1. The van der Waals surface area contributed by atoms with Gasteiger partial charge in [0.05, 0.1) is 0 Å². The number of carbonyl (C=O) groups excluding carboxylic acids is 1. The van der Waals surface area contributed by atoms with Gasteiger partial charge in [0, 0.05) is 13.1 Å². The third-order valence-corrected chi connectivity index (χ3v) is 4.84. The first-order valence-electron chi connectivity index (χ1n) is 6.66. The van der Waals surface area contributed by atoms with E-state index >= 15 is 0 Å². The predicted molar refractivity (Wildman–Crippen MR) is 79.6 cm³/mol. The highest BCUT2D eigenvalue weighted by Gasteiger charge is 2.28. The Labute approximate surface area is 118 Å². The number of nitrogens with zero attached hydrogens (tertiary/aromatic N) is 1. The Bertz CT molecular complexity index is 459. The van der Waals surface area contributed by atoms with Gasteiger partial charge in [0.2, 0.25) is 0 Å². The molecule has 1 amide bonds. The minimum absolute atomic E-state index is 0.0961. The molecule has 1 aromatic rings. The summed E-state index contributed by atoms with van der Waals surface area (Å²) in [6.45, 7) is 4.57. The van der Waals surface area contributed by atoms with Crippen molar-refractivity contribution in [3.63, 3.8) is 0 Å². The molecule has 0 aromatic carbocycles. The molecule has 5 nitrogen and oxygen atoms in total. The lowest BCUT2D eigenvalue weighted by Crippen LogP contribution is -2.39. The number of anilines is 2. The van der Waals surface area contributed by atoms with Gasteiger partial charge in [0.25, 0.3) is 5.91 Å². The van der Waals surface area contributed by atoms with Crippen molar-refractivity contribution in [3.05, 3.63) is 4.88 Å². The molecular weight excluding hydrogens is 260 g/mol. The molecule has 0 saturated heterocycles. The molecule has 1 aliphatic rings. The molecule has 0 unspecified atom stereocenters. The van der Waals surface area contributed by atoms with Gasteiger partial charge in [0.1, 0.15) is 10.7 Å². The van der Waals surface area contributed by atoms with Gasteiger partial charge in [-0.05, 0) is 31.1 Å². The van der Waals surface area contributed by atoms with Gasteiger partial charge in [-0.1, -0.05) is 25.2 Å². The summed E-state index contributed by atoms with van der Waals surface area (Å²) >= 11 is 1.30. The molecule has 1 aromatic heterocycles. The Morgan fingerprint density at radius 3 is 2.58 bits per heavy atom. The lowest BCUT2D eigenvalue weighted by molar-refractivity contribution is 0.0914. The Kier molecular flexibility index (Phi) is 3.99. The van der Waals surface area contributed by atoms with Crippen molar-refractivity contribution in [2.24, 2.45) is 5.41 Å². The maximum Gasteiger partial charge on any atom is 0.265 e. The standard InChI is InChI=1S/C13H22N4OS/c1-13(2)6-4-8(5-7-13)16-11(18)9-10(14)17-12(15-3)19-9/h8H,4-7,14H2,1-3H3,(H,15,17)(H,16,18). The number of hydrogen-bond donors (Lipinski definition) is 3. The molecule has 0 spiro atoms. The Morgan fingerprint density at radius 2 is 2.05 bits per heavy atom. The molecule has 6 heteroatoms. The van der Waals surface area contributed by atoms with Gasteiger partial charge in [-0.3, -0.25) is 4.79 Å². The summed E-state index contributed by atoms with van der Waals surface area (Å²) in [6.07, 6.45) is 4.38. The normalized spacial score (nSPS) is 19.1. The van der Waals surface area contributed by atoms with Crippen LogP contribution >= 0.6 is 11.3 Å². The summed E-state index contributed by atoms with van der Waals surface area (Å²) in [5, 5.41) is 6.65. The average molecular weight is 282 g/mol. The van der Waals surface area contributed by atoms with Gasteiger partial charge < -0.3 is 16.4 Å². The predicted octanol–water partition coefficient (Wildman–Crippen LogP) is 2.47. The number of nitrogens with one attached hydrogen (secondary N) is 2. The van der Waals surface area contributed by atoms with Gasteiger partial charge >= 0.3 is 0 Å². The van der Waals surface area contributed by atoms with E-state index in [1.807, 2.05) is 0 Å². The minimum Gasteiger partial charge on any atom is -0.382 e. The van der Waals surface area contributed by atoms with Crippen molar-refractivity contribution in [2.75, 3.05) is 18.1 Å². The molecule has 19 heavy (non-hydrogen) atoms. The SMILES string of the molecule is CNc1nc(N)c(C(=O)NC2CCC(C)(C)CC2)s1. The second kappa shape index (κ2) is 5.36. The minimum atomic E-state index is -0.0961. The van der Waals surface area contributed by atoms with Crippen LogP contribution in [0, 0.1) is 5.41 Å². The molecule has 1 heterocycles. The van der Waals surface area contributed by atoms with Crippen molar-refractivity contribution in [1.29, 1.82) is 0 Å². The fraction of sp³-hybridized carbons (Fsp3) is 0.692. The van der Waals surface area contributed by atoms with Crippen molar-refractivity contribution in [3.8, 4) is 0 Å². The number of rotatable bonds is 3. The monoisotopic (exact) mass is 282 g/mol. The molecule has 0 bridgehead atoms. The second-order valence-electron chi connectivity index (χ2n) is 5.90. The molecular formula is C13H22N4OS. The summed E-state index contributed by atoms with van der Waals surface area (Å²) in [5.41, 5.74) is 6.17. The van der Waals surface area contributed by atoms with E-state index in [9.17, 15) is 4.79 Å². The number of aromatic nitrogens is 1. The molecule has 1 aliphatic carbocycles. The van der Waals surface area contributed by atoms with E-state index in [1.54, 1.807) is 7.05 Å². The van der Waals surface area contributed by atoms with E-state index in [1.165, 1.54) is 11.3 Å². The smallest absolute Gasteiger partial charge is 0.265 e. The molecule has 0 atom stereocenters. The van der Waals surface area contributed by atoms with Crippen LogP contribution < -0.4 is 16.4 Å². The van der Waals surface area contributed by atoms with Crippen LogP contribution in [0.25, 0.3) is 0 Å². The Hall–Kier alpha value is -1.30. The van der Waals surface area contributed by atoms with Crippen LogP contribution in [0.15, 0.2) is 0 Å². The van der Waals surface area contributed by atoms with Gasteiger partial charge in [0.15, 0.2) is 5.13 Å². The summed E-state index contributed by atoms with van der Waals surface area (Å²) < 4.78 is 0. The van der Waals surface area contributed by atoms with Crippen LogP contribution in [-0.4, -0.2) is 24.0 Å². The van der Waals surface area contributed by atoms with Crippen LogP contribution in [0.3, 0.4) is 0 Å². The number of hydrogen-bond acceptors (Lipinski definition) is 5. The lowest BCUT2D eigenvalue weighted by Gasteiger charge is -2.34. The first kappa shape index (κ1) is 14.1. The van der Waals surface area contributed by atoms with E-state index in [0.29, 0.717) is 21.2 Å². The van der Waals surface area contributed by atoms with Crippen LogP contribution in [0.5, 0.6) is 0 Å². The van der Waals surface area contributed by atoms with Crippen LogP contribution in [0.1, 0.15) is 49.2 Å². The van der Waals surface area contributed by atoms with Crippen molar-refractivity contribution < 1.29 is 4.79 Å². The highest BCUT2D eigenvalue weighted by molar-refractivity contribution is 7.18. The Balaban J connectivity index is 1.96. The van der Waals surface area contributed by atoms with E-state index < -0.39 is 0 Å². The summed E-state index contributed by atoms with van der Waals surface area (Å²) in [4.78, 5) is 16.8. The molecule has 0 aliphatic heterocycles. The quantitative estimate of drug-likeness (QED) is 0.795. The number of nitrogen functional groups attached to an aromatic ring is 1. The zero-order valence-corrected chi connectivity index (χ0v) is 12.6. The molecule has 1 fully saturated rings. The van der Waals surface area contributed by atoms with Crippen molar-refractivity contribution >= 4 is 28.2 Å². The fourth-order valence-corrected chi connectivity index (χ4v) is 3.14. The maximum absolute atomic E-state index is 12.2. The molecule has 0 radical (unpaired) electrons. The van der Waals surface area contributed by atoms with Gasteiger partial charge in [-0.15, -0.1) is 0 Å². The Morgan fingerprint density at radius 1 is 1.42 bits per heavy atom. The van der Waals surface area contributed by atoms with E-state index in [4.69, 9.17) is 5.73 Å². The largest absolute Gasteiger partial charge is 0.382 e. The van der Waals surface area contributed by atoms with Crippen LogP contribution in [0.2, 0.25) is 0 Å². The van der Waals surface area contributed by atoms with Gasteiger partial charge in [-0.25, -0.2) is 4.98 Å². The third kappa shape index (κ3) is 3.37. The third-order valence-electron chi connectivity index (χ3n) is 3.75. The van der Waals surface area contributed by atoms with E-state index in [2.05, 4.69) is 29.5 Å². The zero-order valence-electron chi connectivity index (χ0n) is 11.7. The first-order chi connectivity index (χ1) is 8.91. The molecule has 2 rings (SSSR count). The molecule has 1 saturated carbocycles. The highest BCUT2D eigenvalue weighted by Crippen LogP contribution is 2.35. The summed E-state index contributed by atoms with van der Waals surface area (Å²) in [6, 6.07) is 0.264. The van der Waals surface area contributed by atoms with Gasteiger partial charge in [-0.2, -0.15) is 0 Å². The number of nitrogens with two attached hydrogens (primary N) is 1. The average Bonchev–Trinajstić information content (AvgIpc) is 2.73. The summed E-state index contributed by atoms with van der Waals surface area (Å²) in [5.74, 6) is 0.212. The zero-order chi connectivity index (χ0) is 14.0. The topological polar surface area (TPSA) is 80.0 Å². The number of amides is 1. The summed E-state index contributed by atoms with van der Waals surface area (Å²) in [7, 11) is 1.77. The van der Waals surface area contributed by atoms with Crippen molar-refractivity contribution in [1.82, 2.24) is 10.3 Å². The highest BCUT2D eigenvalue weighted by atomic mass is 32.1. The first-order valence-corrected chi connectivity index (χ1v) is 7.48. The number of carbonyl (C=O) groups is 1. The van der Waals surface area contributed by atoms with E-state index in [0.717, 1.165) is 25.7 Å². The second-order valence-corrected chi connectivity index (χ2v) is 6.89. The lowest BCUT2D eigenvalue weighted by atomic mass is 9.75. The van der Waals surface area contributed by atoms with Crippen LogP contribution in [-0.2, 0) is 0 Å². The van der Waals surface area contributed by atoms with E-state index in [-0.39, 0.29) is 11.9 Å². The fourth-order valence-electron chi connectivity index (χ4n) is 2.40. The van der Waals surface area contributed by atoms with Crippen LogP contribution in [0.4, 0.5) is 10.9 Å². The van der Waals surface area contributed by atoms with Crippen molar-refractivity contribution in [2.45, 2.75) is 45.6 Å². The molecule has 4 N–H and O–H groups in total. The maximum atomic E-state index is 12.2. The molecule has 106 valence electrons.